The molecule has 0 amide bonds. The Kier molecular flexibility index (Phi) is 4.65. The van der Waals surface area contributed by atoms with Crippen molar-refractivity contribution in [2.45, 2.75) is 6.43 Å². The van der Waals surface area contributed by atoms with Gasteiger partial charge in [-0.3, -0.25) is 0 Å². The Morgan fingerprint density at radius 2 is 1.71 bits per heavy atom. The lowest BCUT2D eigenvalue weighted by Gasteiger charge is -2.12. The van der Waals surface area contributed by atoms with E-state index in [9.17, 15) is 8.78 Å². The highest BCUT2D eigenvalue weighted by Crippen LogP contribution is 2.36. The van der Waals surface area contributed by atoms with E-state index in [1.807, 2.05) is 24.3 Å². The summed E-state index contributed by atoms with van der Waals surface area (Å²) in [5.41, 5.74) is 1.36. The molecule has 1 aromatic heterocycles. The smallest absolute Gasteiger partial charge is 0.263 e. The van der Waals surface area contributed by atoms with Crippen molar-refractivity contribution < 1.29 is 18.3 Å². The number of hydrogen-bond acceptors (Lipinski definition) is 4. The number of methoxy groups -OCH3 is 1. The van der Waals surface area contributed by atoms with Crippen LogP contribution in [-0.4, -0.2) is 17.1 Å². The summed E-state index contributed by atoms with van der Waals surface area (Å²) in [4.78, 5) is 8.18. The van der Waals surface area contributed by atoms with Crippen LogP contribution in [0.15, 0.2) is 61.1 Å². The summed E-state index contributed by atoms with van der Waals surface area (Å²) in [6, 6.07) is 13.0. The van der Waals surface area contributed by atoms with Crippen LogP contribution in [0.25, 0.3) is 11.1 Å². The maximum absolute atomic E-state index is 12.6. The first-order valence-electron chi connectivity index (χ1n) is 7.18. The Balaban J connectivity index is 1.95. The fourth-order valence-corrected chi connectivity index (χ4v) is 2.24. The van der Waals surface area contributed by atoms with E-state index in [0.29, 0.717) is 22.9 Å². The lowest BCUT2D eigenvalue weighted by molar-refractivity contribution is 0.151. The van der Waals surface area contributed by atoms with Gasteiger partial charge in [0.25, 0.3) is 6.43 Å². The van der Waals surface area contributed by atoms with Crippen molar-refractivity contribution in [1.29, 1.82) is 0 Å². The van der Waals surface area contributed by atoms with Crippen LogP contribution < -0.4 is 9.47 Å². The van der Waals surface area contributed by atoms with E-state index >= 15 is 0 Å². The molecule has 0 N–H and O–H groups in total. The first-order chi connectivity index (χ1) is 11.7. The van der Waals surface area contributed by atoms with Gasteiger partial charge in [-0.15, -0.1) is 0 Å². The molecule has 6 heteroatoms. The molecule has 3 rings (SSSR count). The Morgan fingerprint density at radius 1 is 0.958 bits per heavy atom. The molecule has 122 valence electrons. The van der Waals surface area contributed by atoms with Crippen LogP contribution in [0, 0.1) is 0 Å². The average Bonchev–Trinajstić information content (AvgIpc) is 2.62. The molecular formula is C18H14F2N2O2. The van der Waals surface area contributed by atoms with Crippen molar-refractivity contribution in [2.24, 2.45) is 0 Å². The topological polar surface area (TPSA) is 44.2 Å². The fourth-order valence-electron chi connectivity index (χ4n) is 2.24. The number of hydrogen-bond donors (Lipinski definition) is 0. The molecule has 0 saturated heterocycles. The summed E-state index contributed by atoms with van der Waals surface area (Å²) in [6.45, 7) is 0. The third-order valence-electron chi connectivity index (χ3n) is 3.42. The zero-order valence-corrected chi connectivity index (χ0v) is 12.8. The van der Waals surface area contributed by atoms with Gasteiger partial charge in [-0.2, -0.15) is 0 Å². The lowest BCUT2D eigenvalue weighted by Crippen LogP contribution is -1.95. The first-order valence-corrected chi connectivity index (χ1v) is 7.18. The molecule has 0 spiro atoms. The van der Waals surface area contributed by atoms with Crippen LogP contribution in [-0.2, 0) is 0 Å². The quantitative estimate of drug-likeness (QED) is 0.669. The van der Waals surface area contributed by atoms with E-state index in [2.05, 4.69) is 9.97 Å². The second-order valence-corrected chi connectivity index (χ2v) is 4.91. The van der Waals surface area contributed by atoms with E-state index in [-0.39, 0.29) is 5.56 Å². The van der Waals surface area contributed by atoms with Gasteiger partial charge in [-0.25, -0.2) is 18.7 Å². The van der Waals surface area contributed by atoms with E-state index in [4.69, 9.17) is 9.47 Å². The Hall–Kier alpha value is -3.02. The maximum Gasteiger partial charge on any atom is 0.263 e. The molecule has 1 heterocycles. The molecule has 0 bridgehead atoms. The van der Waals surface area contributed by atoms with Gasteiger partial charge in [0, 0.05) is 17.3 Å². The number of para-hydroxylation sites is 1. The van der Waals surface area contributed by atoms with Gasteiger partial charge in [0.1, 0.15) is 17.8 Å². The maximum atomic E-state index is 12.6. The van der Waals surface area contributed by atoms with Gasteiger partial charge in [0.15, 0.2) is 0 Å². The standard InChI is InChI=1S/C18H14F2N2O2/c1-23-16-5-3-2-4-14(16)15-10-21-11-22-18(15)24-13-8-6-12(7-9-13)17(19)20/h2-11,17H,1H3. The second kappa shape index (κ2) is 7.04. The van der Waals surface area contributed by atoms with Crippen LogP contribution in [0.3, 0.4) is 0 Å². The number of alkyl halides is 2. The zero-order chi connectivity index (χ0) is 16.9. The molecule has 4 nitrogen and oxygen atoms in total. The Morgan fingerprint density at radius 3 is 2.42 bits per heavy atom. The molecule has 3 aromatic rings. The molecule has 0 saturated carbocycles. The summed E-state index contributed by atoms with van der Waals surface area (Å²) >= 11 is 0. The van der Waals surface area contributed by atoms with E-state index in [1.165, 1.54) is 30.6 Å². The van der Waals surface area contributed by atoms with Crippen LogP contribution in [0.5, 0.6) is 17.4 Å². The van der Waals surface area contributed by atoms with Crippen molar-refractivity contribution in [3.63, 3.8) is 0 Å². The van der Waals surface area contributed by atoms with Gasteiger partial charge in [-0.1, -0.05) is 18.2 Å². The minimum absolute atomic E-state index is 0.0602. The number of nitrogens with zero attached hydrogens (tertiary/aromatic N) is 2. The summed E-state index contributed by atoms with van der Waals surface area (Å²) in [5, 5.41) is 0. The third-order valence-corrected chi connectivity index (χ3v) is 3.42. The van der Waals surface area contributed by atoms with Crippen LogP contribution >= 0.6 is 0 Å². The van der Waals surface area contributed by atoms with Gasteiger partial charge in [0.05, 0.1) is 12.7 Å². The predicted octanol–water partition coefficient (Wildman–Crippen LogP) is 4.88. The summed E-state index contributed by atoms with van der Waals surface area (Å²) in [7, 11) is 1.58. The highest BCUT2D eigenvalue weighted by atomic mass is 19.3. The van der Waals surface area contributed by atoms with Crippen molar-refractivity contribution in [3.05, 3.63) is 66.6 Å². The lowest BCUT2D eigenvalue weighted by atomic mass is 10.1. The molecule has 2 aromatic carbocycles. The van der Waals surface area contributed by atoms with Crippen molar-refractivity contribution in [3.8, 4) is 28.5 Å². The number of halogens is 2. The highest BCUT2D eigenvalue weighted by molar-refractivity contribution is 5.73. The first kappa shape index (κ1) is 15.9. The second-order valence-electron chi connectivity index (χ2n) is 4.91. The highest BCUT2D eigenvalue weighted by Gasteiger charge is 2.14. The summed E-state index contributed by atoms with van der Waals surface area (Å²) in [5.74, 6) is 1.39. The van der Waals surface area contributed by atoms with Crippen LogP contribution in [0.4, 0.5) is 8.78 Å². The van der Waals surface area contributed by atoms with Gasteiger partial charge in [0.2, 0.25) is 5.88 Å². The zero-order valence-electron chi connectivity index (χ0n) is 12.8. The molecule has 0 aliphatic rings. The molecule has 0 aliphatic heterocycles. The van der Waals surface area contributed by atoms with E-state index < -0.39 is 6.43 Å². The minimum atomic E-state index is -2.51. The summed E-state index contributed by atoms with van der Waals surface area (Å²) in [6.07, 6.45) is 0.470. The van der Waals surface area contributed by atoms with Gasteiger partial charge < -0.3 is 9.47 Å². The van der Waals surface area contributed by atoms with E-state index in [1.54, 1.807) is 13.3 Å². The van der Waals surface area contributed by atoms with Crippen LogP contribution in [0.1, 0.15) is 12.0 Å². The van der Waals surface area contributed by atoms with E-state index in [0.717, 1.165) is 5.56 Å². The molecule has 0 radical (unpaired) electrons. The predicted molar refractivity (Wildman–Crippen MR) is 85.5 cm³/mol. The molecule has 0 aliphatic carbocycles. The van der Waals surface area contributed by atoms with Gasteiger partial charge in [-0.05, 0) is 30.3 Å². The molecule has 24 heavy (non-hydrogen) atoms. The summed E-state index contributed by atoms with van der Waals surface area (Å²) < 4.78 is 36.3. The largest absolute Gasteiger partial charge is 0.496 e. The van der Waals surface area contributed by atoms with Crippen molar-refractivity contribution in [2.75, 3.05) is 7.11 Å². The number of ether oxygens (including phenoxy) is 2. The average molecular weight is 328 g/mol. The normalized spacial score (nSPS) is 10.7. The SMILES string of the molecule is COc1ccccc1-c1cncnc1Oc1ccc(C(F)F)cc1. The van der Waals surface area contributed by atoms with Gasteiger partial charge >= 0.3 is 0 Å². The number of benzene rings is 2. The third kappa shape index (κ3) is 3.32. The molecule has 0 unspecified atom stereocenters. The molecule has 0 atom stereocenters. The minimum Gasteiger partial charge on any atom is -0.496 e. The van der Waals surface area contributed by atoms with Crippen molar-refractivity contribution in [1.82, 2.24) is 9.97 Å². The monoisotopic (exact) mass is 328 g/mol. The molecule has 0 fully saturated rings. The molecular weight excluding hydrogens is 314 g/mol. The fraction of sp³-hybridized carbons (Fsp3) is 0.111. The number of aromatic nitrogens is 2. The Bertz CT molecular complexity index is 823. The van der Waals surface area contributed by atoms with Crippen molar-refractivity contribution >= 4 is 0 Å². The van der Waals surface area contributed by atoms with Crippen LogP contribution in [0.2, 0.25) is 0 Å². The Labute approximate surface area is 137 Å². The number of rotatable bonds is 5.